The minimum atomic E-state index is 0.0854. The van der Waals surface area contributed by atoms with Gasteiger partial charge in [0.1, 0.15) is 0 Å². The van der Waals surface area contributed by atoms with Crippen LogP contribution in [-0.2, 0) is 9.47 Å². The topological polar surface area (TPSA) is 54.9 Å². The smallest absolute Gasteiger partial charge is 0.191 e. The molecule has 0 amide bonds. The molecule has 0 heterocycles. The van der Waals surface area contributed by atoms with Crippen molar-refractivity contribution in [1.29, 1.82) is 0 Å². The van der Waals surface area contributed by atoms with Gasteiger partial charge in [-0.2, -0.15) is 0 Å². The highest BCUT2D eigenvalue weighted by molar-refractivity contribution is 5.79. The van der Waals surface area contributed by atoms with E-state index >= 15 is 0 Å². The largest absolute Gasteiger partial charge is 0.383 e. The van der Waals surface area contributed by atoms with E-state index in [-0.39, 0.29) is 11.5 Å². The third kappa shape index (κ3) is 7.50. The number of ether oxygens (including phenoxy) is 2. The van der Waals surface area contributed by atoms with Crippen molar-refractivity contribution < 1.29 is 9.47 Å². The van der Waals surface area contributed by atoms with Crippen LogP contribution < -0.4 is 10.6 Å². The summed E-state index contributed by atoms with van der Waals surface area (Å²) in [6, 6.07) is 0. The van der Waals surface area contributed by atoms with Gasteiger partial charge in [-0.05, 0) is 12.3 Å². The molecule has 0 radical (unpaired) electrons. The molecule has 0 aromatic rings. The fourth-order valence-corrected chi connectivity index (χ4v) is 1.49. The van der Waals surface area contributed by atoms with Crippen molar-refractivity contribution in [2.75, 3.05) is 40.5 Å². The third-order valence-electron chi connectivity index (χ3n) is 2.61. The van der Waals surface area contributed by atoms with Gasteiger partial charge in [0, 0.05) is 27.3 Å². The first-order chi connectivity index (χ1) is 8.45. The average molecular weight is 259 g/mol. The van der Waals surface area contributed by atoms with Crippen LogP contribution in [-0.4, -0.2) is 52.5 Å². The van der Waals surface area contributed by atoms with Crippen LogP contribution in [0.25, 0.3) is 0 Å². The molecule has 2 N–H and O–H groups in total. The summed E-state index contributed by atoms with van der Waals surface area (Å²) in [6.07, 6.45) is 0.107. The average Bonchev–Trinajstić information content (AvgIpc) is 2.28. The molecule has 0 bridgehead atoms. The molecular weight excluding hydrogens is 230 g/mol. The fourth-order valence-electron chi connectivity index (χ4n) is 1.49. The number of hydrogen-bond donors (Lipinski definition) is 2. The standard InChI is InChI=1S/C13H29N3O2/c1-7-14-12(15-8-9-17-5)16-10-11(18-6)13(2,3)4/h11H,7-10H2,1-6H3,(H2,14,15,16). The number of nitrogens with one attached hydrogen (secondary N) is 2. The predicted octanol–water partition coefficient (Wildman–Crippen LogP) is 1.25. The summed E-state index contributed by atoms with van der Waals surface area (Å²) in [5, 5.41) is 6.41. The van der Waals surface area contributed by atoms with Gasteiger partial charge in [-0.3, -0.25) is 4.99 Å². The first kappa shape index (κ1) is 17.2. The van der Waals surface area contributed by atoms with Crippen LogP contribution in [0.4, 0.5) is 0 Å². The number of methoxy groups -OCH3 is 2. The lowest BCUT2D eigenvalue weighted by Gasteiger charge is -2.28. The summed E-state index contributed by atoms with van der Waals surface area (Å²) >= 11 is 0. The molecule has 0 fully saturated rings. The number of aliphatic imine (C=N–C) groups is 1. The maximum absolute atomic E-state index is 5.48. The Kier molecular flexibility index (Phi) is 8.75. The molecular formula is C13H29N3O2. The molecule has 0 aliphatic carbocycles. The van der Waals surface area contributed by atoms with Crippen molar-refractivity contribution in [3.8, 4) is 0 Å². The van der Waals surface area contributed by atoms with Gasteiger partial charge in [0.05, 0.1) is 19.3 Å². The van der Waals surface area contributed by atoms with Crippen LogP contribution in [0.15, 0.2) is 4.99 Å². The number of nitrogens with zero attached hydrogens (tertiary/aromatic N) is 1. The lowest BCUT2D eigenvalue weighted by molar-refractivity contribution is 0.0241. The molecule has 5 nitrogen and oxygen atoms in total. The van der Waals surface area contributed by atoms with Gasteiger partial charge in [-0.1, -0.05) is 20.8 Å². The lowest BCUT2D eigenvalue weighted by atomic mass is 9.89. The van der Waals surface area contributed by atoms with Crippen LogP contribution in [0.3, 0.4) is 0 Å². The van der Waals surface area contributed by atoms with E-state index in [9.17, 15) is 0 Å². The van der Waals surface area contributed by atoms with E-state index in [1.165, 1.54) is 0 Å². The fraction of sp³-hybridized carbons (Fsp3) is 0.923. The van der Waals surface area contributed by atoms with Crippen molar-refractivity contribution in [3.05, 3.63) is 0 Å². The van der Waals surface area contributed by atoms with Crippen molar-refractivity contribution in [2.24, 2.45) is 10.4 Å². The Hall–Kier alpha value is -0.810. The number of guanidine groups is 1. The van der Waals surface area contributed by atoms with E-state index in [0.29, 0.717) is 13.2 Å². The second-order valence-electron chi connectivity index (χ2n) is 5.23. The highest BCUT2D eigenvalue weighted by Crippen LogP contribution is 2.21. The van der Waals surface area contributed by atoms with Crippen LogP contribution in [0, 0.1) is 5.41 Å². The zero-order chi connectivity index (χ0) is 14.0. The highest BCUT2D eigenvalue weighted by atomic mass is 16.5. The molecule has 0 aromatic carbocycles. The zero-order valence-corrected chi connectivity index (χ0v) is 12.7. The Balaban J connectivity index is 4.35. The zero-order valence-electron chi connectivity index (χ0n) is 12.7. The van der Waals surface area contributed by atoms with E-state index in [4.69, 9.17) is 9.47 Å². The second-order valence-corrected chi connectivity index (χ2v) is 5.23. The van der Waals surface area contributed by atoms with Crippen LogP contribution >= 0.6 is 0 Å². The van der Waals surface area contributed by atoms with E-state index in [2.05, 4.69) is 36.4 Å². The molecule has 18 heavy (non-hydrogen) atoms. The van der Waals surface area contributed by atoms with Gasteiger partial charge in [0.25, 0.3) is 0 Å². The van der Waals surface area contributed by atoms with Crippen molar-refractivity contribution in [2.45, 2.75) is 33.8 Å². The molecule has 0 saturated carbocycles. The Morgan fingerprint density at radius 1 is 1.22 bits per heavy atom. The van der Waals surface area contributed by atoms with E-state index < -0.39 is 0 Å². The molecule has 0 aromatic heterocycles. The molecule has 5 heteroatoms. The SMILES string of the molecule is CCNC(=NCC(OC)C(C)(C)C)NCCOC. The van der Waals surface area contributed by atoms with Gasteiger partial charge >= 0.3 is 0 Å². The van der Waals surface area contributed by atoms with Crippen LogP contribution in [0.2, 0.25) is 0 Å². The maximum Gasteiger partial charge on any atom is 0.191 e. The quantitative estimate of drug-likeness (QED) is 0.410. The monoisotopic (exact) mass is 259 g/mol. The summed E-state index contributed by atoms with van der Waals surface area (Å²) in [7, 11) is 3.42. The van der Waals surface area contributed by atoms with Gasteiger partial charge in [0.2, 0.25) is 0 Å². The minimum absolute atomic E-state index is 0.0854. The van der Waals surface area contributed by atoms with Crippen LogP contribution in [0.1, 0.15) is 27.7 Å². The Morgan fingerprint density at radius 3 is 2.33 bits per heavy atom. The van der Waals surface area contributed by atoms with Crippen LogP contribution in [0.5, 0.6) is 0 Å². The first-order valence-corrected chi connectivity index (χ1v) is 6.49. The summed E-state index contributed by atoms with van der Waals surface area (Å²) in [4.78, 5) is 4.54. The Morgan fingerprint density at radius 2 is 1.89 bits per heavy atom. The molecule has 0 saturated heterocycles. The van der Waals surface area contributed by atoms with Gasteiger partial charge in [0.15, 0.2) is 5.96 Å². The molecule has 0 aliphatic heterocycles. The maximum atomic E-state index is 5.48. The molecule has 0 aliphatic rings. The molecule has 108 valence electrons. The summed E-state index contributed by atoms with van der Waals surface area (Å²) < 4.78 is 10.5. The second kappa shape index (κ2) is 9.16. The molecule has 1 atom stereocenters. The normalized spacial score (nSPS) is 14.4. The minimum Gasteiger partial charge on any atom is -0.383 e. The van der Waals surface area contributed by atoms with Crippen molar-refractivity contribution in [1.82, 2.24) is 10.6 Å². The summed E-state index contributed by atoms with van der Waals surface area (Å²) in [5.41, 5.74) is 0.0854. The molecule has 0 rings (SSSR count). The van der Waals surface area contributed by atoms with Gasteiger partial charge in [-0.25, -0.2) is 0 Å². The highest BCUT2D eigenvalue weighted by Gasteiger charge is 2.23. The third-order valence-corrected chi connectivity index (χ3v) is 2.61. The van der Waals surface area contributed by atoms with Crippen molar-refractivity contribution in [3.63, 3.8) is 0 Å². The Labute approximate surface area is 111 Å². The predicted molar refractivity (Wildman–Crippen MR) is 76.1 cm³/mol. The lowest BCUT2D eigenvalue weighted by Crippen LogP contribution is -2.40. The Bertz CT molecular complexity index is 237. The summed E-state index contributed by atoms with van der Waals surface area (Å²) in [6.45, 7) is 11.4. The summed E-state index contributed by atoms with van der Waals surface area (Å²) in [5.74, 6) is 0.806. The van der Waals surface area contributed by atoms with E-state index in [1.807, 2.05) is 6.92 Å². The van der Waals surface area contributed by atoms with Crippen molar-refractivity contribution >= 4 is 5.96 Å². The first-order valence-electron chi connectivity index (χ1n) is 6.49. The molecule has 1 unspecified atom stereocenters. The van der Waals surface area contributed by atoms with Gasteiger partial charge in [-0.15, -0.1) is 0 Å². The molecule has 0 spiro atoms. The number of rotatable bonds is 7. The van der Waals surface area contributed by atoms with E-state index in [0.717, 1.165) is 19.0 Å². The number of hydrogen-bond acceptors (Lipinski definition) is 3. The van der Waals surface area contributed by atoms with E-state index in [1.54, 1.807) is 14.2 Å². The van der Waals surface area contributed by atoms with Gasteiger partial charge < -0.3 is 20.1 Å².